The second kappa shape index (κ2) is 2.69. The van der Waals surface area contributed by atoms with Crippen LogP contribution in [0.1, 0.15) is 25.7 Å². The molecule has 0 aromatic carbocycles. The van der Waals surface area contributed by atoms with Crippen molar-refractivity contribution in [1.29, 1.82) is 0 Å². The summed E-state index contributed by atoms with van der Waals surface area (Å²) in [6.07, 6.45) is 5.06. The van der Waals surface area contributed by atoms with Gasteiger partial charge in [0.15, 0.2) is 0 Å². The topological polar surface area (TPSA) is 42.0 Å². The van der Waals surface area contributed by atoms with Crippen LogP contribution >= 0.6 is 0 Å². The van der Waals surface area contributed by atoms with Gasteiger partial charge in [-0.2, -0.15) is 0 Å². The summed E-state index contributed by atoms with van der Waals surface area (Å²) in [5, 5.41) is 9.23. The van der Waals surface area contributed by atoms with Gasteiger partial charge in [0.25, 0.3) is 0 Å². The quantitative estimate of drug-likeness (QED) is 0.610. The Morgan fingerprint density at radius 3 is 3.15 bits per heavy atom. The summed E-state index contributed by atoms with van der Waals surface area (Å²) >= 11 is 0. The lowest BCUT2D eigenvalue weighted by atomic mass is 9.75. The van der Waals surface area contributed by atoms with Crippen LogP contribution in [0.3, 0.4) is 0 Å². The molecule has 1 spiro atoms. The lowest BCUT2D eigenvalue weighted by molar-refractivity contribution is -0.0900. The van der Waals surface area contributed by atoms with Crippen LogP contribution in [-0.2, 0) is 9.47 Å². The molecule has 2 heterocycles. The zero-order valence-corrected chi connectivity index (χ0v) is 7.74. The zero-order chi connectivity index (χ0) is 8.89. The molecule has 3 fully saturated rings. The number of hydrogen-bond donors (Lipinski definition) is 1. The standard InChI is InChI=1S/C10H16O3/c11-6-7-2-3-8-10(13-8)4-1-5-12-9(7)10/h7-9,11H,1-6H2/t7-,8?,9?,10?/m0/s1. The van der Waals surface area contributed by atoms with Gasteiger partial charge < -0.3 is 14.6 Å². The number of rotatable bonds is 1. The Morgan fingerprint density at radius 1 is 1.38 bits per heavy atom. The summed E-state index contributed by atoms with van der Waals surface area (Å²) < 4.78 is 11.5. The molecule has 1 aliphatic carbocycles. The van der Waals surface area contributed by atoms with Gasteiger partial charge in [0.2, 0.25) is 0 Å². The van der Waals surface area contributed by atoms with E-state index in [0.29, 0.717) is 12.0 Å². The first-order valence-electron chi connectivity index (χ1n) is 5.27. The summed E-state index contributed by atoms with van der Waals surface area (Å²) in [5.74, 6) is 0.319. The van der Waals surface area contributed by atoms with Crippen LogP contribution in [0.4, 0.5) is 0 Å². The minimum atomic E-state index is 0.0316. The fourth-order valence-electron chi connectivity index (χ4n) is 3.09. The minimum absolute atomic E-state index is 0.0316. The van der Waals surface area contributed by atoms with Crippen molar-refractivity contribution in [3.63, 3.8) is 0 Å². The second-order valence-electron chi connectivity index (χ2n) is 4.48. The molecule has 1 saturated carbocycles. The average Bonchev–Trinajstić information content (AvgIpc) is 2.88. The Morgan fingerprint density at radius 2 is 2.31 bits per heavy atom. The zero-order valence-electron chi connectivity index (χ0n) is 7.74. The molecule has 74 valence electrons. The first kappa shape index (κ1) is 8.21. The third-order valence-corrected chi connectivity index (χ3v) is 3.80. The van der Waals surface area contributed by atoms with Crippen molar-refractivity contribution >= 4 is 0 Å². The third kappa shape index (κ3) is 1.01. The Kier molecular flexibility index (Phi) is 1.70. The van der Waals surface area contributed by atoms with Gasteiger partial charge in [0.1, 0.15) is 5.60 Å². The van der Waals surface area contributed by atoms with Crippen molar-refractivity contribution in [1.82, 2.24) is 0 Å². The molecule has 0 bridgehead atoms. The van der Waals surface area contributed by atoms with E-state index in [1.54, 1.807) is 0 Å². The molecule has 0 aromatic heterocycles. The van der Waals surface area contributed by atoms with Crippen LogP contribution < -0.4 is 0 Å². The lowest BCUT2D eigenvalue weighted by Crippen LogP contribution is -2.48. The van der Waals surface area contributed by atoms with Crippen LogP contribution in [0.15, 0.2) is 0 Å². The van der Waals surface area contributed by atoms with E-state index >= 15 is 0 Å². The molecule has 4 atom stereocenters. The van der Waals surface area contributed by atoms with Crippen LogP contribution in [0.2, 0.25) is 0 Å². The van der Waals surface area contributed by atoms with E-state index in [4.69, 9.17) is 9.47 Å². The Labute approximate surface area is 78.0 Å². The van der Waals surface area contributed by atoms with E-state index in [9.17, 15) is 5.11 Å². The van der Waals surface area contributed by atoms with Crippen molar-refractivity contribution in [3.05, 3.63) is 0 Å². The van der Waals surface area contributed by atoms with Crippen LogP contribution in [0.5, 0.6) is 0 Å². The molecular weight excluding hydrogens is 168 g/mol. The Hall–Kier alpha value is -0.120. The summed E-state index contributed by atoms with van der Waals surface area (Å²) in [6, 6.07) is 0. The highest BCUT2D eigenvalue weighted by molar-refractivity contribution is 5.14. The molecule has 1 N–H and O–H groups in total. The molecule has 3 aliphatic rings. The first-order chi connectivity index (χ1) is 6.37. The van der Waals surface area contributed by atoms with Gasteiger partial charge in [0, 0.05) is 19.1 Å². The smallest absolute Gasteiger partial charge is 0.121 e. The van der Waals surface area contributed by atoms with E-state index in [2.05, 4.69) is 0 Å². The highest BCUT2D eigenvalue weighted by Gasteiger charge is 2.66. The van der Waals surface area contributed by atoms with Crippen LogP contribution in [-0.4, -0.2) is 36.1 Å². The molecular formula is C10H16O3. The van der Waals surface area contributed by atoms with Crippen LogP contribution in [0, 0.1) is 5.92 Å². The monoisotopic (exact) mass is 184 g/mol. The van der Waals surface area contributed by atoms with Crippen LogP contribution in [0.25, 0.3) is 0 Å². The maximum atomic E-state index is 9.23. The van der Waals surface area contributed by atoms with Gasteiger partial charge in [-0.05, 0) is 25.7 Å². The number of aliphatic hydroxyl groups is 1. The molecule has 3 heteroatoms. The first-order valence-corrected chi connectivity index (χ1v) is 5.27. The summed E-state index contributed by atoms with van der Waals surface area (Å²) in [7, 11) is 0. The van der Waals surface area contributed by atoms with Gasteiger partial charge >= 0.3 is 0 Å². The van der Waals surface area contributed by atoms with E-state index in [0.717, 1.165) is 32.3 Å². The maximum Gasteiger partial charge on any atom is 0.121 e. The van der Waals surface area contributed by atoms with E-state index < -0.39 is 0 Å². The fourth-order valence-corrected chi connectivity index (χ4v) is 3.09. The molecule has 13 heavy (non-hydrogen) atoms. The summed E-state index contributed by atoms with van der Waals surface area (Å²) in [4.78, 5) is 0. The van der Waals surface area contributed by atoms with Gasteiger partial charge in [-0.25, -0.2) is 0 Å². The minimum Gasteiger partial charge on any atom is -0.396 e. The number of hydrogen-bond acceptors (Lipinski definition) is 3. The molecule has 3 nitrogen and oxygen atoms in total. The van der Waals surface area contributed by atoms with E-state index in [-0.39, 0.29) is 18.3 Å². The van der Waals surface area contributed by atoms with Crippen molar-refractivity contribution in [2.45, 2.75) is 43.5 Å². The van der Waals surface area contributed by atoms with Crippen molar-refractivity contribution in [2.24, 2.45) is 5.92 Å². The summed E-state index contributed by atoms with van der Waals surface area (Å²) in [5.41, 5.74) is 0.0316. The highest BCUT2D eigenvalue weighted by atomic mass is 16.6. The molecule has 3 rings (SSSR count). The van der Waals surface area contributed by atoms with Crippen molar-refractivity contribution in [2.75, 3.05) is 13.2 Å². The highest BCUT2D eigenvalue weighted by Crippen LogP contribution is 2.55. The molecule has 0 amide bonds. The van der Waals surface area contributed by atoms with E-state index in [1.165, 1.54) is 0 Å². The fraction of sp³-hybridized carbons (Fsp3) is 1.00. The normalized spacial score (nSPS) is 53.8. The van der Waals surface area contributed by atoms with Gasteiger partial charge in [0.05, 0.1) is 12.2 Å². The molecule has 0 radical (unpaired) electrons. The molecule has 2 aliphatic heterocycles. The number of aliphatic hydroxyl groups excluding tert-OH is 1. The second-order valence-corrected chi connectivity index (χ2v) is 4.48. The Bertz CT molecular complexity index is 218. The van der Waals surface area contributed by atoms with Crippen molar-refractivity contribution < 1.29 is 14.6 Å². The molecule has 3 unspecified atom stereocenters. The van der Waals surface area contributed by atoms with Crippen molar-refractivity contribution in [3.8, 4) is 0 Å². The predicted octanol–water partition coefficient (Wildman–Crippen LogP) is 0.705. The largest absolute Gasteiger partial charge is 0.396 e. The maximum absolute atomic E-state index is 9.23. The lowest BCUT2D eigenvalue weighted by Gasteiger charge is -2.37. The van der Waals surface area contributed by atoms with Gasteiger partial charge in [-0.3, -0.25) is 0 Å². The van der Waals surface area contributed by atoms with Gasteiger partial charge in [-0.15, -0.1) is 0 Å². The number of ether oxygens (including phenoxy) is 2. The van der Waals surface area contributed by atoms with Gasteiger partial charge in [-0.1, -0.05) is 0 Å². The number of epoxide rings is 1. The molecule has 2 saturated heterocycles. The Balaban J connectivity index is 1.83. The SMILES string of the molecule is OC[C@@H]1CCC2OC23CCCOC13. The van der Waals surface area contributed by atoms with E-state index in [1.807, 2.05) is 0 Å². The average molecular weight is 184 g/mol. The summed E-state index contributed by atoms with van der Waals surface area (Å²) in [6.45, 7) is 1.10. The third-order valence-electron chi connectivity index (χ3n) is 3.80. The molecule has 0 aromatic rings. The predicted molar refractivity (Wildman–Crippen MR) is 46.4 cm³/mol.